The summed E-state index contributed by atoms with van der Waals surface area (Å²) in [6.45, 7) is 7.05. The van der Waals surface area contributed by atoms with Crippen molar-refractivity contribution in [3.63, 3.8) is 0 Å². The summed E-state index contributed by atoms with van der Waals surface area (Å²) >= 11 is 0. The van der Waals surface area contributed by atoms with Gasteiger partial charge in [0.15, 0.2) is 11.4 Å². The Balaban J connectivity index is 2.84. The number of aromatic amines is 1. The van der Waals surface area contributed by atoms with Crippen molar-refractivity contribution in [1.29, 1.82) is 0 Å². The third-order valence-corrected chi connectivity index (χ3v) is 2.42. The van der Waals surface area contributed by atoms with Crippen molar-refractivity contribution in [1.82, 2.24) is 10.3 Å². The highest BCUT2D eigenvalue weighted by Gasteiger charge is 2.21. The van der Waals surface area contributed by atoms with Gasteiger partial charge in [-0.05, 0) is 6.92 Å². The first-order valence-corrected chi connectivity index (χ1v) is 5.38. The van der Waals surface area contributed by atoms with Crippen molar-refractivity contribution in [3.8, 4) is 0 Å². The summed E-state index contributed by atoms with van der Waals surface area (Å²) in [4.78, 5) is 25.6. The molecule has 1 aromatic rings. The summed E-state index contributed by atoms with van der Waals surface area (Å²) < 4.78 is 12.9. The lowest BCUT2D eigenvalue weighted by molar-refractivity contribution is -0.128. The van der Waals surface area contributed by atoms with Gasteiger partial charge in [-0.25, -0.2) is 0 Å². The van der Waals surface area contributed by atoms with Gasteiger partial charge < -0.3 is 10.3 Å². The number of hydrogen-bond donors (Lipinski definition) is 2. The Morgan fingerprint density at radius 1 is 1.47 bits per heavy atom. The molecular formula is C12H17FN2O2. The van der Waals surface area contributed by atoms with Gasteiger partial charge in [-0.1, -0.05) is 20.8 Å². The highest BCUT2D eigenvalue weighted by Crippen LogP contribution is 2.12. The normalized spacial score (nSPS) is 11.4. The zero-order valence-electron chi connectivity index (χ0n) is 10.5. The van der Waals surface area contributed by atoms with Crippen LogP contribution >= 0.6 is 0 Å². The molecule has 0 aliphatic rings. The van der Waals surface area contributed by atoms with Gasteiger partial charge in [-0.2, -0.15) is 4.39 Å². The summed E-state index contributed by atoms with van der Waals surface area (Å²) in [5.41, 5.74) is -0.109. The molecule has 5 heteroatoms. The minimum absolute atomic E-state index is 0.109. The van der Waals surface area contributed by atoms with E-state index in [0.717, 1.165) is 6.07 Å². The van der Waals surface area contributed by atoms with Crippen LogP contribution in [-0.2, 0) is 11.3 Å². The van der Waals surface area contributed by atoms with E-state index >= 15 is 0 Å². The second-order valence-electron chi connectivity index (χ2n) is 5.02. The molecule has 1 heterocycles. The number of aromatic nitrogens is 1. The van der Waals surface area contributed by atoms with Gasteiger partial charge in [0.2, 0.25) is 5.91 Å². The maximum Gasteiger partial charge on any atom is 0.225 e. The Hall–Kier alpha value is -1.65. The van der Waals surface area contributed by atoms with Crippen LogP contribution in [0.4, 0.5) is 4.39 Å². The first-order valence-electron chi connectivity index (χ1n) is 5.38. The van der Waals surface area contributed by atoms with E-state index in [1.165, 1.54) is 0 Å². The van der Waals surface area contributed by atoms with Crippen molar-refractivity contribution in [2.75, 3.05) is 0 Å². The van der Waals surface area contributed by atoms with Gasteiger partial charge in [-0.15, -0.1) is 0 Å². The molecule has 0 aliphatic carbocycles. The fraction of sp³-hybridized carbons (Fsp3) is 0.500. The first-order chi connectivity index (χ1) is 7.71. The minimum atomic E-state index is -0.668. The molecule has 0 saturated carbocycles. The Morgan fingerprint density at radius 3 is 2.53 bits per heavy atom. The van der Waals surface area contributed by atoms with Crippen LogP contribution in [0.5, 0.6) is 0 Å². The molecule has 0 unspecified atom stereocenters. The van der Waals surface area contributed by atoms with Crippen LogP contribution in [0.1, 0.15) is 32.0 Å². The lowest BCUT2D eigenvalue weighted by atomic mass is 9.95. The van der Waals surface area contributed by atoms with Crippen molar-refractivity contribution in [3.05, 3.63) is 33.5 Å². The van der Waals surface area contributed by atoms with Gasteiger partial charge in [0, 0.05) is 29.3 Å². The summed E-state index contributed by atoms with van der Waals surface area (Å²) in [5, 5.41) is 2.66. The predicted octanol–water partition coefficient (Wildman–Crippen LogP) is 1.48. The molecule has 0 atom stereocenters. The topological polar surface area (TPSA) is 62.0 Å². The van der Waals surface area contributed by atoms with Crippen LogP contribution < -0.4 is 10.7 Å². The molecule has 0 spiro atoms. The molecule has 0 bridgehead atoms. The summed E-state index contributed by atoms with van der Waals surface area (Å²) in [5.74, 6) is -0.820. The van der Waals surface area contributed by atoms with Gasteiger partial charge in [-0.3, -0.25) is 9.59 Å². The van der Waals surface area contributed by atoms with E-state index in [1.54, 1.807) is 27.7 Å². The number of carbonyl (C=O) groups is 1. The van der Waals surface area contributed by atoms with E-state index in [1.807, 2.05) is 0 Å². The van der Waals surface area contributed by atoms with Crippen molar-refractivity contribution in [2.45, 2.75) is 34.2 Å². The highest BCUT2D eigenvalue weighted by molar-refractivity contribution is 5.81. The molecule has 0 saturated heterocycles. The highest BCUT2D eigenvalue weighted by atomic mass is 19.1. The van der Waals surface area contributed by atoms with E-state index in [4.69, 9.17) is 0 Å². The van der Waals surface area contributed by atoms with Crippen molar-refractivity contribution in [2.24, 2.45) is 5.41 Å². The molecular weight excluding hydrogens is 223 g/mol. The van der Waals surface area contributed by atoms with E-state index in [0.29, 0.717) is 11.3 Å². The third kappa shape index (κ3) is 3.41. The summed E-state index contributed by atoms with van der Waals surface area (Å²) in [6, 6.07) is 0.881. The zero-order valence-corrected chi connectivity index (χ0v) is 10.5. The molecule has 94 valence electrons. The Kier molecular flexibility index (Phi) is 3.70. The molecule has 0 aromatic carbocycles. The van der Waals surface area contributed by atoms with Crippen molar-refractivity contribution >= 4 is 5.91 Å². The molecule has 0 radical (unpaired) electrons. The fourth-order valence-corrected chi connectivity index (χ4v) is 1.33. The smallest absolute Gasteiger partial charge is 0.225 e. The Morgan fingerprint density at radius 2 is 2.06 bits per heavy atom. The molecule has 1 rings (SSSR count). The molecule has 0 aliphatic heterocycles. The predicted molar refractivity (Wildman–Crippen MR) is 63.1 cm³/mol. The minimum Gasteiger partial charge on any atom is -0.351 e. The van der Waals surface area contributed by atoms with E-state index in [9.17, 15) is 14.0 Å². The van der Waals surface area contributed by atoms with Crippen LogP contribution in [0.25, 0.3) is 0 Å². The number of H-pyrrole nitrogens is 1. The van der Waals surface area contributed by atoms with Crippen LogP contribution in [0.3, 0.4) is 0 Å². The zero-order chi connectivity index (χ0) is 13.2. The van der Waals surface area contributed by atoms with Gasteiger partial charge in [0.05, 0.1) is 0 Å². The number of hydrogen-bond acceptors (Lipinski definition) is 2. The number of halogens is 1. The standard InChI is InChI=1S/C12H17FN2O2/c1-7-8(9(16)5-10(13)15-7)6-14-11(17)12(2,3)4/h5H,6H2,1-4H3,(H,14,17)(H,15,16). The lowest BCUT2D eigenvalue weighted by Crippen LogP contribution is -2.35. The Bertz CT molecular complexity index is 486. The molecule has 0 fully saturated rings. The lowest BCUT2D eigenvalue weighted by Gasteiger charge is -2.17. The molecule has 4 nitrogen and oxygen atoms in total. The molecule has 1 amide bonds. The van der Waals surface area contributed by atoms with E-state index in [2.05, 4.69) is 10.3 Å². The second-order valence-corrected chi connectivity index (χ2v) is 5.02. The average molecular weight is 240 g/mol. The van der Waals surface area contributed by atoms with Gasteiger partial charge in [0.25, 0.3) is 0 Å². The number of pyridine rings is 1. The van der Waals surface area contributed by atoms with Gasteiger partial charge >= 0.3 is 0 Å². The van der Waals surface area contributed by atoms with Crippen molar-refractivity contribution < 1.29 is 9.18 Å². The average Bonchev–Trinajstić information content (AvgIpc) is 2.13. The monoisotopic (exact) mass is 240 g/mol. The van der Waals surface area contributed by atoms with Crippen LogP contribution in [0, 0.1) is 18.3 Å². The molecule has 2 N–H and O–H groups in total. The summed E-state index contributed by atoms with van der Waals surface area (Å²) in [6.07, 6.45) is 0. The first kappa shape index (κ1) is 13.4. The molecule has 1 aromatic heterocycles. The third-order valence-electron chi connectivity index (χ3n) is 2.42. The molecule has 17 heavy (non-hydrogen) atoms. The largest absolute Gasteiger partial charge is 0.351 e. The maximum atomic E-state index is 12.9. The van der Waals surface area contributed by atoms with E-state index < -0.39 is 16.8 Å². The number of amides is 1. The second kappa shape index (κ2) is 4.69. The fourth-order valence-electron chi connectivity index (χ4n) is 1.33. The maximum absolute atomic E-state index is 12.9. The van der Waals surface area contributed by atoms with Crippen LogP contribution in [-0.4, -0.2) is 10.9 Å². The number of carbonyl (C=O) groups excluding carboxylic acids is 1. The quantitative estimate of drug-likeness (QED) is 0.769. The number of aryl methyl sites for hydroxylation is 1. The summed E-state index contributed by atoms with van der Waals surface area (Å²) in [7, 11) is 0. The SMILES string of the molecule is Cc1[nH]c(F)cc(=O)c1CNC(=O)C(C)(C)C. The van der Waals surface area contributed by atoms with Gasteiger partial charge in [0.1, 0.15) is 0 Å². The van der Waals surface area contributed by atoms with E-state index in [-0.39, 0.29) is 12.5 Å². The van der Waals surface area contributed by atoms with Crippen LogP contribution in [0.2, 0.25) is 0 Å². The number of rotatable bonds is 2. The van der Waals surface area contributed by atoms with Crippen LogP contribution in [0.15, 0.2) is 10.9 Å². The Labute approximate surface area is 99.2 Å². The number of nitrogens with one attached hydrogen (secondary N) is 2.